The van der Waals surface area contributed by atoms with E-state index in [4.69, 9.17) is 14.0 Å². The molecule has 6 heteroatoms. The van der Waals surface area contributed by atoms with Crippen LogP contribution in [0.25, 0.3) is 11.5 Å². The molecule has 3 rings (SSSR count). The monoisotopic (exact) mass is 276 g/mol. The van der Waals surface area contributed by atoms with Crippen LogP contribution in [-0.4, -0.2) is 33.7 Å². The van der Waals surface area contributed by atoms with E-state index in [0.717, 1.165) is 18.5 Å². The fourth-order valence-corrected chi connectivity index (χ4v) is 2.20. The van der Waals surface area contributed by atoms with Crippen molar-refractivity contribution in [2.75, 3.05) is 6.54 Å². The Morgan fingerprint density at radius 2 is 2.30 bits per heavy atom. The zero-order valence-corrected chi connectivity index (χ0v) is 11.0. The molecule has 0 saturated heterocycles. The van der Waals surface area contributed by atoms with Crippen molar-refractivity contribution in [1.82, 2.24) is 10.1 Å². The maximum atomic E-state index is 10.7. The standard InChI is InChI=1S/C14H16N2O4/c17-14(18)5-6-16(11-3-4-11)9-10-8-13(20-15-10)12-2-1-7-19-12/h1-2,7-8,11H,3-6,9H2,(H,17,18). The molecule has 0 unspecified atom stereocenters. The van der Waals surface area contributed by atoms with Gasteiger partial charge in [0.15, 0.2) is 5.76 Å². The summed E-state index contributed by atoms with van der Waals surface area (Å²) in [5.41, 5.74) is 0.800. The van der Waals surface area contributed by atoms with E-state index < -0.39 is 5.97 Å². The first kappa shape index (κ1) is 12.9. The van der Waals surface area contributed by atoms with Crippen LogP contribution in [0.5, 0.6) is 0 Å². The maximum absolute atomic E-state index is 10.7. The van der Waals surface area contributed by atoms with Crippen molar-refractivity contribution in [3.8, 4) is 11.5 Å². The van der Waals surface area contributed by atoms with Gasteiger partial charge < -0.3 is 14.0 Å². The number of aromatic nitrogens is 1. The highest BCUT2D eigenvalue weighted by molar-refractivity contribution is 5.66. The molecule has 0 amide bonds. The number of hydrogen-bond acceptors (Lipinski definition) is 5. The van der Waals surface area contributed by atoms with Crippen molar-refractivity contribution in [2.24, 2.45) is 0 Å². The molecular weight excluding hydrogens is 260 g/mol. The van der Waals surface area contributed by atoms with Crippen LogP contribution in [0.4, 0.5) is 0 Å². The molecule has 0 aromatic carbocycles. The molecule has 1 saturated carbocycles. The van der Waals surface area contributed by atoms with E-state index >= 15 is 0 Å². The topological polar surface area (TPSA) is 79.7 Å². The Kier molecular flexibility index (Phi) is 3.56. The molecule has 1 aliphatic carbocycles. The highest BCUT2D eigenvalue weighted by atomic mass is 16.5. The minimum absolute atomic E-state index is 0.152. The van der Waals surface area contributed by atoms with Gasteiger partial charge in [0.2, 0.25) is 5.76 Å². The number of rotatable bonds is 7. The summed E-state index contributed by atoms with van der Waals surface area (Å²) < 4.78 is 10.5. The highest BCUT2D eigenvalue weighted by Crippen LogP contribution is 2.29. The Labute approximate surface area is 116 Å². The third-order valence-electron chi connectivity index (χ3n) is 3.36. The van der Waals surface area contributed by atoms with Gasteiger partial charge in [0, 0.05) is 25.2 Å². The maximum Gasteiger partial charge on any atom is 0.304 e. The minimum Gasteiger partial charge on any atom is -0.481 e. The summed E-state index contributed by atoms with van der Waals surface area (Å²) in [5.74, 6) is 0.471. The van der Waals surface area contributed by atoms with Gasteiger partial charge in [-0.1, -0.05) is 5.16 Å². The summed E-state index contributed by atoms with van der Waals surface area (Å²) >= 11 is 0. The number of furan rings is 1. The molecule has 0 atom stereocenters. The average Bonchev–Trinajstić information content (AvgIpc) is 2.93. The Morgan fingerprint density at radius 3 is 2.95 bits per heavy atom. The molecular formula is C14H16N2O4. The van der Waals surface area contributed by atoms with E-state index in [0.29, 0.717) is 30.7 Å². The quantitative estimate of drug-likeness (QED) is 0.836. The van der Waals surface area contributed by atoms with Crippen LogP contribution in [0.15, 0.2) is 33.4 Å². The molecule has 0 radical (unpaired) electrons. The van der Waals surface area contributed by atoms with E-state index in [1.807, 2.05) is 12.1 Å². The SMILES string of the molecule is O=C(O)CCN(Cc1cc(-c2ccco2)on1)C1CC1. The van der Waals surface area contributed by atoms with Gasteiger partial charge in [-0.05, 0) is 25.0 Å². The number of nitrogens with zero attached hydrogens (tertiary/aromatic N) is 2. The van der Waals surface area contributed by atoms with Gasteiger partial charge in [0.05, 0.1) is 18.4 Å². The summed E-state index contributed by atoms with van der Waals surface area (Å²) in [4.78, 5) is 12.8. The zero-order chi connectivity index (χ0) is 13.9. The molecule has 0 bridgehead atoms. The molecule has 106 valence electrons. The first-order chi connectivity index (χ1) is 9.72. The normalized spacial score (nSPS) is 14.8. The minimum atomic E-state index is -0.771. The number of carbonyl (C=O) groups is 1. The van der Waals surface area contributed by atoms with E-state index in [1.165, 1.54) is 0 Å². The predicted octanol–water partition coefficient (Wildman–Crippen LogP) is 2.37. The molecule has 0 spiro atoms. The van der Waals surface area contributed by atoms with Crippen molar-refractivity contribution >= 4 is 5.97 Å². The van der Waals surface area contributed by atoms with Crippen LogP contribution in [0.3, 0.4) is 0 Å². The lowest BCUT2D eigenvalue weighted by Crippen LogP contribution is -2.28. The lowest BCUT2D eigenvalue weighted by Gasteiger charge is -2.19. The van der Waals surface area contributed by atoms with Crippen LogP contribution < -0.4 is 0 Å². The molecule has 1 N–H and O–H groups in total. The molecule has 2 aromatic heterocycles. The molecule has 1 fully saturated rings. The Balaban J connectivity index is 1.64. The van der Waals surface area contributed by atoms with E-state index in [2.05, 4.69) is 10.1 Å². The fourth-order valence-electron chi connectivity index (χ4n) is 2.20. The van der Waals surface area contributed by atoms with Gasteiger partial charge in [-0.25, -0.2) is 0 Å². The molecule has 2 heterocycles. The highest BCUT2D eigenvalue weighted by Gasteiger charge is 2.29. The average molecular weight is 276 g/mol. The summed E-state index contributed by atoms with van der Waals surface area (Å²) in [6.45, 7) is 1.16. The van der Waals surface area contributed by atoms with Crippen molar-refractivity contribution < 1.29 is 18.8 Å². The molecule has 2 aromatic rings. The van der Waals surface area contributed by atoms with Crippen molar-refractivity contribution in [3.63, 3.8) is 0 Å². The van der Waals surface area contributed by atoms with Crippen LogP contribution in [-0.2, 0) is 11.3 Å². The van der Waals surface area contributed by atoms with E-state index in [-0.39, 0.29) is 6.42 Å². The Bertz CT molecular complexity index is 572. The lowest BCUT2D eigenvalue weighted by atomic mass is 10.3. The van der Waals surface area contributed by atoms with Gasteiger partial charge in [-0.2, -0.15) is 0 Å². The number of hydrogen-bond donors (Lipinski definition) is 1. The Hall–Kier alpha value is -2.08. The Morgan fingerprint density at radius 1 is 1.45 bits per heavy atom. The smallest absolute Gasteiger partial charge is 0.304 e. The first-order valence-corrected chi connectivity index (χ1v) is 6.67. The van der Waals surface area contributed by atoms with Crippen molar-refractivity contribution in [3.05, 3.63) is 30.2 Å². The third kappa shape index (κ3) is 3.08. The molecule has 6 nitrogen and oxygen atoms in total. The van der Waals surface area contributed by atoms with Crippen LogP contribution in [0.1, 0.15) is 25.0 Å². The third-order valence-corrected chi connectivity index (χ3v) is 3.36. The summed E-state index contributed by atoms with van der Waals surface area (Å²) in [6.07, 6.45) is 3.99. The van der Waals surface area contributed by atoms with Gasteiger partial charge in [-0.3, -0.25) is 9.69 Å². The molecule has 0 aliphatic heterocycles. The predicted molar refractivity (Wildman–Crippen MR) is 69.9 cm³/mol. The van der Waals surface area contributed by atoms with Gasteiger partial charge in [0.25, 0.3) is 0 Å². The summed E-state index contributed by atoms with van der Waals surface area (Å²) in [7, 11) is 0. The van der Waals surface area contributed by atoms with Crippen LogP contribution in [0, 0.1) is 0 Å². The van der Waals surface area contributed by atoms with E-state index in [1.54, 1.807) is 12.3 Å². The largest absolute Gasteiger partial charge is 0.481 e. The number of aliphatic carboxylic acids is 1. The second kappa shape index (κ2) is 5.50. The van der Waals surface area contributed by atoms with Crippen molar-refractivity contribution in [1.29, 1.82) is 0 Å². The van der Waals surface area contributed by atoms with Crippen LogP contribution in [0.2, 0.25) is 0 Å². The summed E-state index contributed by atoms with van der Waals surface area (Å²) in [5, 5.41) is 12.8. The second-order valence-corrected chi connectivity index (χ2v) is 5.01. The van der Waals surface area contributed by atoms with Crippen molar-refractivity contribution in [2.45, 2.75) is 31.8 Å². The van der Waals surface area contributed by atoms with Crippen LogP contribution >= 0.6 is 0 Å². The molecule has 20 heavy (non-hydrogen) atoms. The summed E-state index contributed by atoms with van der Waals surface area (Å²) in [6, 6.07) is 5.93. The zero-order valence-electron chi connectivity index (χ0n) is 11.0. The van der Waals surface area contributed by atoms with Gasteiger partial charge >= 0.3 is 5.97 Å². The number of carboxylic acid groups (broad SMARTS) is 1. The second-order valence-electron chi connectivity index (χ2n) is 5.01. The number of carboxylic acids is 1. The van der Waals surface area contributed by atoms with E-state index in [9.17, 15) is 4.79 Å². The first-order valence-electron chi connectivity index (χ1n) is 6.67. The fraction of sp³-hybridized carbons (Fsp3) is 0.429. The van der Waals surface area contributed by atoms with Gasteiger partial charge in [-0.15, -0.1) is 0 Å². The lowest BCUT2D eigenvalue weighted by molar-refractivity contribution is -0.137. The molecule has 1 aliphatic rings. The van der Waals surface area contributed by atoms with Gasteiger partial charge in [0.1, 0.15) is 0 Å².